The van der Waals surface area contributed by atoms with Crippen molar-refractivity contribution >= 4 is 12.0 Å². The smallest absolute Gasteiger partial charge is 0.414 e. The number of amides is 2. The summed E-state index contributed by atoms with van der Waals surface area (Å²) >= 11 is 0. The van der Waals surface area contributed by atoms with Gasteiger partial charge in [-0.25, -0.2) is 4.79 Å². The number of nitrogens with one attached hydrogen (secondary N) is 1. The second-order valence-electron chi connectivity index (χ2n) is 5.58. The fourth-order valence-corrected chi connectivity index (χ4v) is 1.76. The van der Waals surface area contributed by atoms with Crippen LogP contribution in [0.3, 0.4) is 0 Å². The van der Waals surface area contributed by atoms with Crippen LogP contribution in [0.5, 0.6) is 0 Å². The molecule has 21 heavy (non-hydrogen) atoms. The van der Waals surface area contributed by atoms with Crippen LogP contribution in [0.25, 0.3) is 0 Å². The Bertz CT molecular complexity index is 482. The Kier molecular flexibility index (Phi) is 5.87. The molecule has 0 bridgehead atoms. The van der Waals surface area contributed by atoms with Crippen molar-refractivity contribution in [2.45, 2.75) is 38.5 Å². The maximum absolute atomic E-state index is 12.0. The summed E-state index contributed by atoms with van der Waals surface area (Å²) < 4.78 is 10.3. The van der Waals surface area contributed by atoms with Gasteiger partial charge >= 0.3 is 6.09 Å². The van der Waals surface area contributed by atoms with E-state index in [0.29, 0.717) is 0 Å². The SMILES string of the molecule is COC(c1ccccc1)C(N)C(=O)NC(=O)OC(C)(C)C. The molecule has 0 aliphatic heterocycles. The van der Waals surface area contributed by atoms with E-state index < -0.39 is 29.7 Å². The minimum absolute atomic E-state index is 0.645. The zero-order valence-electron chi connectivity index (χ0n) is 12.8. The van der Waals surface area contributed by atoms with Crippen molar-refractivity contribution in [3.63, 3.8) is 0 Å². The van der Waals surface area contributed by atoms with E-state index in [4.69, 9.17) is 15.2 Å². The molecule has 6 heteroatoms. The molecule has 1 aromatic rings. The highest BCUT2D eigenvalue weighted by Gasteiger charge is 2.28. The molecule has 3 N–H and O–H groups in total. The van der Waals surface area contributed by atoms with E-state index in [2.05, 4.69) is 5.32 Å². The second-order valence-corrected chi connectivity index (χ2v) is 5.58. The fraction of sp³-hybridized carbons (Fsp3) is 0.467. The molecule has 2 atom stereocenters. The number of rotatable bonds is 4. The first-order chi connectivity index (χ1) is 9.74. The van der Waals surface area contributed by atoms with Crippen LogP contribution in [0.2, 0.25) is 0 Å². The Labute approximate surface area is 124 Å². The van der Waals surface area contributed by atoms with Gasteiger partial charge < -0.3 is 15.2 Å². The number of alkyl carbamates (subject to hydrolysis) is 1. The Morgan fingerprint density at radius 2 is 1.76 bits per heavy atom. The molecule has 2 unspecified atom stereocenters. The van der Waals surface area contributed by atoms with Gasteiger partial charge in [0.1, 0.15) is 17.7 Å². The lowest BCUT2D eigenvalue weighted by atomic mass is 10.0. The van der Waals surface area contributed by atoms with E-state index in [0.717, 1.165) is 5.56 Å². The number of methoxy groups -OCH3 is 1. The molecule has 0 saturated heterocycles. The van der Waals surface area contributed by atoms with Crippen LogP contribution in [0, 0.1) is 0 Å². The molecular weight excluding hydrogens is 272 g/mol. The first-order valence-electron chi connectivity index (χ1n) is 6.62. The summed E-state index contributed by atoms with van der Waals surface area (Å²) in [5.41, 5.74) is 5.94. The van der Waals surface area contributed by atoms with E-state index in [-0.39, 0.29) is 0 Å². The van der Waals surface area contributed by atoms with Crippen molar-refractivity contribution in [1.82, 2.24) is 5.32 Å². The van der Waals surface area contributed by atoms with Gasteiger partial charge in [0.2, 0.25) is 5.91 Å². The molecule has 0 saturated carbocycles. The number of nitrogens with two attached hydrogens (primary N) is 1. The van der Waals surface area contributed by atoms with Gasteiger partial charge in [0.05, 0.1) is 0 Å². The third kappa shape index (κ3) is 5.53. The van der Waals surface area contributed by atoms with Gasteiger partial charge in [-0.3, -0.25) is 10.1 Å². The standard InChI is InChI=1S/C15H22N2O4/c1-15(2,3)21-14(19)17-13(18)11(16)12(20-4)10-8-6-5-7-9-10/h5-9,11-12H,16H2,1-4H3,(H,17,18,19). The van der Waals surface area contributed by atoms with Crippen molar-refractivity contribution in [3.05, 3.63) is 35.9 Å². The highest BCUT2D eigenvalue weighted by Crippen LogP contribution is 2.19. The summed E-state index contributed by atoms with van der Waals surface area (Å²) in [5.74, 6) is -0.653. The highest BCUT2D eigenvalue weighted by atomic mass is 16.6. The number of hydrogen-bond acceptors (Lipinski definition) is 5. The maximum atomic E-state index is 12.0. The van der Waals surface area contributed by atoms with Gasteiger partial charge in [0.15, 0.2) is 0 Å². The van der Waals surface area contributed by atoms with Crippen molar-refractivity contribution < 1.29 is 19.1 Å². The van der Waals surface area contributed by atoms with E-state index in [9.17, 15) is 9.59 Å². The summed E-state index contributed by atoms with van der Waals surface area (Å²) in [7, 11) is 1.46. The molecule has 0 spiro atoms. The lowest BCUT2D eigenvalue weighted by Gasteiger charge is -2.23. The van der Waals surface area contributed by atoms with Crippen LogP contribution < -0.4 is 11.1 Å². The normalized spacial score (nSPS) is 14.1. The number of carbonyl (C=O) groups excluding carboxylic acids is 2. The summed E-state index contributed by atoms with van der Waals surface area (Å²) in [4.78, 5) is 23.6. The van der Waals surface area contributed by atoms with Crippen LogP contribution in [0.1, 0.15) is 32.4 Å². The predicted octanol–water partition coefficient (Wildman–Crippen LogP) is 1.75. The topological polar surface area (TPSA) is 90.6 Å². The summed E-state index contributed by atoms with van der Waals surface area (Å²) in [5, 5.41) is 2.12. The van der Waals surface area contributed by atoms with Crippen molar-refractivity contribution in [1.29, 1.82) is 0 Å². The van der Waals surface area contributed by atoms with Gasteiger partial charge in [-0.2, -0.15) is 0 Å². The third-order valence-corrected chi connectivity index (χ3v) is 2.64. The Balaban J connectivity index is 2.70. The number of carbonyl (C=O) groups is 2. The molecular formula is C15H22N2O4. The number of ether oxygens (including phenoxy) is 2. The van der Waals surface area contributed by atoms with Crippen LogP contribution in [0.15, 0.2) is 30.3 Å². The van der Waals surface area contributed by atoms with Gasteiger partial charge in [-0.1, -0.05) is 30.3 Å². The third-order valence-electron chi connectivity index (χ3n) is 2.64. The maximum Gasteiger partial charge on any atom is 0.414 e. The van der Waals surface area contributed by atoms with E-state index in [1.165, 1.54) is 7.11 Å². The molecule has 116 valence electrons. The van der Waals surface area contributed by atoms with Crippen molar-refractivity contribution in [2.75, 3.05) is 7.11 Å². The molecule has 0 heterocycles. The van der Waals surface area contributed by atoms with E-state index in [1.807, 2.05) is 18.2 Å². The molecule has 0 aromatic heterocycles. The molecule has 0 fully saturated rings. The van der Waals surface area contributed by atoms with Gasteiger partial charge in [-0.15, -0.1) is 0 Å². The predicted molar refractivity (Wildman–Crippen MR) is 78.5 cm³/mol. The first kappa shape index (κ1) is 17.1. The van der Waals surface area contributed by atoms with E-state index >= 15 is 0 Å². The van der Waals surface area contributed by atoms with Crippen LogP contribution >= 0.6 is 0 Å². The molecule has 1 rings (SSSR count). The fourth-order valence-electron chi connectivity index (χ4n) is 1.76. The highest BCUT2D eigenvalue weighted by molar-refractivity contribution is 5.95. The first-order valence-corrected chi connectivity index (χ1v) is 6.62. The minimum Gasteiger partial charge on any atom is -0.444 e. The number of hydrogen-bond donors (Lipinski definition) is 2. The van der Waals surface area contributed by atoms with Crippen molar-refractivity contribution in [2.24, 2.45) is 5.73 Å². The van der Waals surface area contributed by atoms with Crippen molar-refractivity contribution in [3.8, 4) is 0 Å². The largest absolute Gasteiger partial charge is 0.444 e. The number of imide groups is 1. The minimum atomic E-state index is -1.02. The van der Waals surface area contributed by atoms with Gasteiger partial charge in [0, 0.05) is 7.11 Å². The lowest BCUT2D eigenvalue weighted by molar-refractivity contribution is -0.125. The Hall–Kier alpha value is -1.92. The molecule has 0 radical (unpaired) electrons. The van der Waals surface area contributed by atoms with Crippen LogP contribution in [0.4, 0.5) is 4.79 Å². The monoisotopic (exact) mass is 294 g/mol. The summed E-state index contributed by atoms with van der Waals surface area (Å²) in [6, 6.07) is 8.07. The van der Waals surface area contributed by atoms with Crippen LogP contribution in [-0.2, 0) is 14.3 Å². The molecule has 2 amide bonds. The Morgan fingerprint density at radius 3 is 2.24 bits per heavy atom. The number of benzene rings is 1. The van der Waals surface area contributed by atoms with E-state index in [1.54, 1.807) is 32.9 Å². The average Bonchev–Trinajstić information content (AvgIpc) is 2.38. The zero-order valence-corrected chi connectivity index (χ0v) is 12.8. The van der Waals surface area contributed by atoms with Gasteiger partial charge in [-0.05, 0) is 26.3 Å². The second kappa shape index (κ2) is 7.19. The molecule has 0 aliphatic rings. The summed E-state index contributed by atoms with van der Waals surface area (Å²) in [6.45, 7) is 5.12. The zero-order chi connectivity index (χ0) is 16.0. The van der Waals surface area contributed by atoms with Gasteiger partial charge in [0.25, 0.3) is 0 Å². The molecule has 1 aromatic carbocycles. The molecule has 0 aliphatic carbocycles. The Morgan fingerprint density at radius 1 is 1.19 bits per heavy atom. The lowest BCUT2D eigenvalue weighted by Crippen LogP contribution is -2.48. The summed E-state index contributed by atoms with van der Waals surface area (Å²) in [6.07, 6.45) is -1.47. The average molecular weight is 294 g/mol. The molecule has 6 nitrogen and oxygen atoms in total. The van der Waals surface area contributed by atoms with Crippen LogP contribution in [-0.4, -0.2) is 30.8 Å². The quantitative estimate of drug-likeness (QED) is 0.883.